The van der Waals surface area contributed by atoms with Gasteiger partial charge in [-0.1, -0.05) is 25.1 Å². The molecule has 35 heavy (non-hydrogen) atoms. The van der Waals surface area contributed by atoms with Crippen LogP contribution < -0.4 is 15.0 Å². The second-order valence-corrected chi connectivity index (χ2v) is 9.34. The molecule has 0 saturated carbocycles. The van der Waals surface area contributed by atoms with Crippen LogP contribution in [0.15, 0.2) is 54.6 Å². The number of benzene rings is 2. The van der Waals surface area contributed by atoms with Crippen LogP contribution in [-0.2, 0) is 9.59 Å². The monoisotopic (exact) mass is 478 g/mol. The standard InChI is InChI=1S/C27H34N4O4/c1-4-20(2)28-24(32)18-30-19-31(22-8-6-5-7-9-22)27(26(30)34)14-16-29(17-15-27)25(33)21-10-12-23(35-3)13-11-21/h5-13,20H,4,14-19H2,1-3H3,(H,28,32). The lowest BCUT2D eigenvalue weighted by Gasteiger charge is -2.43. The molecule has 0 aliphatic carbocycles. The van der Waals surface area contributed by atoms with Crippen molar-refractivity contribution < 1.29 is 19.1 Å². The van der Waals surface area contributed by atoms with Crippen molar-refractivity contribution in [3.05, 3.63) is 60.2 Å². The molecule has 0 bridgehead atoms. The molecule has 2 heterocycles. The molecule has 0 radical (unpaired) electrons. The average Bonchev–Trinajstić information content (AvgIpc) is 3.15. The van der Waals surface area contributed by atoms with Gasteiger partial charge >= 0.3 is 0 Å². The van der Waals surface area contributed by atoms with Crippen LogP contribution in [0.1, 0.15) is 43.5 Å². The quantitative estimate of drug-likeness (QED) is 0.662. The van der Waals surface area contributed by atoms with Crippen molar-refractivity contribution in [3.63, 3.8) is 0 Å². The van der Waals surface area contributed by atoms with E-state index in [2.05, 4.69) is 10.2 Å². The molecule has 1 unspecified atom stereocenters. The van der Waals surface area contributed by atoms with Crippen molar-refractivity contribution in [2.24, 2.45) is 0 Å². The van der Waals surface area contributed by atoms with E-state index in [0.29, 0.717) is 43.9 Å². The molecule has 1 N–H and O–H groups in total. The average molecular weight is 479 g/mol. The maximum absolute atomic E-state index is 13.8. The number of hydrogen-bond donors (Lipinski definition) is 1. The first kappa shape index (κ1) is 24.6. The van der Waals surface area contributed by atoms with Crippen molar-refractivity contribution in [2.45, 2.75) is 44.7 Å². The molecule has 1 atom stereocenters. The lowest BCUT2D eigenvalue weighted by molar-refractivity contribution is -0.137. The first-order valence-corrected chi connectivity index (χ1v) is 12.2. The van der Waals surface area contributed by atoms with E-state index in [9.17, 15) is 14.4 Å². The van der Waals surface area contributed by atoms with Gasteiger partial charge in [-0.25, -0.2) is 0 Å². The van der Waals surface area contributed by atoms with E-state index in [1.807, 2.05) is 49.1 Å². The molecule has 0 aromatic heterocycles. The second kappa shape index (κ2) is 10.4. The van der Waals surface area contributed by atoms with Crippen molar-refractivity contribution in [3.8, 4) is 5.75 Å². The molecular weight excluding hydrogens is 444 g/mol. The second-order valence-electron chi connectivity index (χ2n) is 9.34. The van der Waals surface area contributed by atoms with Crippen molar-refractivity contribution in [1.82, 2.24) is 15.1 Å². The summed E-state index contributed by atoms with van der Waals surface area (Å²) in [7, 11) is 1.59. The van der Waals surface area contributed by atoms with Crippen LogP contribution >= 0.6 is 0 Å². The van der Waals surface area contributed by atoms with Crippen molar-refractivity contribution in [2.75, 3.05) is 38.3 Å². The Kier molecular flexibility index (Phi) is 7.28. The van der Waals surface area contributed by atoms with E-state index in [1.54, 1.807) is 36.3 Å². The van der Waals surface area contributed by atoms with E-state index in [4.69, 9.17) is 4.74 Å². The number of likely N-dealkylation sites (tertiary alicyclic amines) is 1. The van der Waals surface area contributed by atoms with Crippen LogP contribution in [0.3, 0.4) is 0 Å². The van der Waals surface area contributed by atoms with Gasteiger partial charge in [-0.15, -0.1) is 0 Å². The van der Waals surface area contributed by atoms with E-state index < -0.39 is 5.54 Å². The number of anilines is 1. The Labute approximate surface area is 206 Å². The third-order valence-electron chi connectivity index (χ3n) is 7.15. The molecule has 2 saturated heterocycles. The molecule has 2 aromatic rings. The highest BCUT2D eigenvalue weighted by Gasteiger charge is 2.54. The van der Waals surface area contributed by atoms with Crippen LogP contribution in [0.5, 0.6) is 5.75 Å². The van der Waals surface area contributed by atoms with Gasteiger partial charge in [0.05, 0.1) is 13.8 Å². The number of carbonyl (C=O) groups excluding carboxylic acids is 3. The molecule has 2 fully saturated rings. The Morgan fingerprint density at radius 3 is 2.31 bits per heavy atom. The highest BCUT2D eigenvalue weighted by atomic mass is 16.5. The van der Waals surface area contributed by atoms with Gasteiger partial charge in [-0.3, -0.25) is 14.4 Å². The van der Waals surface area contributed by atoms with Crippen LogP contribution in [0.2, 0.25) is 0 Å². The number of ether oxygens (including phenoxy) is 1. The Balaban J connectivity index is 1.52. The Morgan fingerprint density at radius 2 is 1.71 bits per heavy atom. The molecule has 4 rings (SSSR count). The number of amides is 3. The summed E-state index contributed by atoms with van der Waals surface area (Å²) in [5, 5.41) is 2.96. The lowest BCUT2D eigenvalue weighted by Crippen LogP contribution is -2.57. The highest BCUT2D eigenvalue weighted by Crippen LogP contribution is 2.39. The first-order chi connectivity index (χ1) is 16.9. The maximum atomic E-state index is 13.8. The van der Waals surface area contributed by atoms with E-state index in [-0.39, 0.29) is 30.3 Å². The van der Waals surface area contributed by atoms with Gasteiger partial charge in [0.1, 0.15) is 17.8 Å². The minimum atomic E-state index is -0.769. The fourth-order valence-electron chi connectivity index (χ4n) is 4.91. The summed E-state index contributed by atoms with van der Waals surface area (Å²) in [5.74, 6) is 0.456. The third kappa shape index (κ3) is 4.97. The number of piperidine rings is 1. The summed E-state index contributed by atoms with van der Waals surface area (Å²) >= 11 is 0. The van der Waals surface area contributed by atoms with Gasteiger partial charge in [-0.05, 0) is 62.6 Å². The number of nitrogens with zero attached hydrogens (tertiary/aromatic N) is 3. The molecular formula is C27H34N4O4. The highest BCUT2D eigenvalue weighted by molar-refractivity contribution is 5.97. The molecule has 1 spiro atoms. The van der Waals surface area contributed by atoms with E-state index in [0.717, 1.165) is 12.1 Å². The number of hydrogen-bond acceptors (Lipinski definition) is 5. The summed E-state index contributed by atoms with van der Waals surface area (Å²) in [4.78, 5) is 45.0. The number of carbonyl (C=O) groups is 3. The van der Waals surface area contributed by atoms with Crippen molar-refractivity contribution >= 4 is 23.4 Å². The van der Waals surface area contributed by atoms with Gasteiger partial charge < -0.3 is 24.8 Å². The Morgan fingerprint density at radius 1 is 1.06 bits per heavy atom. The molecule has 2 aromatic carbocycles. The normalized spacial score (nSPS) is 18.0. The molecule has 3 amide bonds. The van der Waals surface area contributed by atoms with Gasteiger partial charge in [-0.2, -0.15) is 0 Å². The fraction of sp³-hybridized carbons (Fsp3) is 0.444. The summed E-state index contributed by atoms with van der Waals surface area (Å²) in [5.41, 5.74) is 0.776. The SMILES string of the molecule is CCC(C)NC(=O)CN1CN(c2ccccc2)C2(CCN(C(=O)c3ccc(OC)cc3)CC2)C1=O. The van der Waals surface area contributed by atoms with Crippen LogP contribution in [0.25, 0.3) is 0 Å². The number of para-hydroxylation sites is 1. The van der Waals surface area contributed by atoms with E-state index >= 15 is 0 Å². The van der Waals surface area contributed by atoms with Gasteiger partial charge in [0.2, 0.25) is 5.91 Å². The number of rotatable bonds is 7. The third-order valence-corrected chi connectivity index (χ3v) is 7.15. The number of nitrogens with one attached hydrogen (secondary N) is 1. The zero-order valence-electron chi connectivity index (χ0n) is 20.7. The smallest absolute Gasteiger partial charge is 0.253 e. The number of methoxy groups -OCH3 is 1. The molecule has 8 nitrogen and oxygen atoms in total. The van der Waals surface area contributed by atoms with Crippen LogP contribution in [0, 0.1) is 0 Å². The fourth-order valence-corrected chi connectivity index (χ4v) is 4.91. The summed E-state index contributed by atoms with van der Waals surface area (Å²) < 4.78 is 5.19. The predicted octanol–water partition coefficient (Wildman–Crippen LogP) is 2.89. The predicted molar refractivity (Wildman–Crippen MR) is 134 cm³/mol. The summed E-state index contributed by atoms with van der Waals surface area (Å²) in [6, 6.07) is 17.0. The zero-order valence-corrected chi connectivity index (χ0v) is 20.7. The van der Waals surface area contributed by atoms with Crippen LogP contribution in [-0.4, -0.2) is 72.5 Å². The zero-order chi connectivity index (χ0) is 25.0. The van der Waals surface area contributed by atoms with Crippen LogP contribution in [0.4, 0.5) is 5.69 Å². The Bertz CT molecular complexity index is 1050. The summed E-state index contributed by atoms with van der Waals surface area (Å²) in [6.45, 7) is 5.28. The van der Waals surface area contributed by atoms with Crippen molar-refractivity contribution in [1.29, 1.82) is 0 Å². The topological polar surface area (TPSA) is 82.2 Å². The van der Waals surface area contributed by atoms with Gasteiger partial charge in [0.25, 0.3) is 11.8 Å². The minimum Gasteiger partial charge on any atom is -0.497 e. The van der Waals surface area contributed by atoms with E-state index in [1.165, 1.54) is 0 Å². The maximum Gasteiger partial charge on any atom is 0.253 e. The lowest BCUT2D eigenvalue weighted by atomic mass is 9.85. The largest absolute Gasteiger partial charge is 0.497 e. The first-order valence-electron chi connectivity index (χ1n) is 12.2. The molecule has 186 valence electrons. The Hall–Kier alpha value is -3.55. The summed E-state index contributed by atoms with van der Waals surface area (Å²) in [6.07, 6.45) is 1.84. The van der Waals surface area contributed by atoms with Gasteiger partial charge in [0.15, 0.2) is 0 Å². The van der Waals surface area contributed by atoms with Gasteiger partial charge in [0, 0.05) is 30.4 Å². The minimum absolute atomic E-state index is 0.0305. The molecule has 8 heteroatoms. The molecule has 2 aliphatic rings. The molecule has 2 aliphatic heterocycles.